The summed E-state index contributed by atoms with van der Waals surface area (Å²) in [6, 6.07) is 0. The van der Waals surface area contributed by atoms with E-state index < -0.39 is 0 Å². The van der Waals surface area contributed by atoms with Gasteiger partial charge in [-0.1, -0.05) is 22.6 Å². The second-order valence-corrected chi connectivity index (χ2v) is 4.69. The Kier molecular flexibility index (Phi) is 4.16. The van der Waals surface area contributed by atoms with Crippen molar-refractivity contribution in [3.8, 4) is 0 Å². The topological polar surface area (TPSA) is 12.5 Å². The number of alkyl halides is 1. The van der Waals surface area contributed by atoms with E-state index in [1.165, 1.54) is 0 Å². The Morgan fingerprint density at radius 2 is 2.45 bits per heavy atom. The van der Waals surface area contributed by atoms with E-state index in [1.54, 1.807) is 0 Å². The number of hydrogen-bond donors (Lipinski definition) is 0. The predicted octanol–water partition coefficient (Wildman–Crippen LogP) is 1.33. The molecule has 0 aromatic rings. The van der Waals surface area contributed by atoms with Gasteiger partial charge in [0.2, 0.25) is 0 Å². The lowest BCUT2D eigenvalue weighted by atomic mass is 10.1. The van der Waals surface area contributed by atoms with Crippen LogP contribution in [0.1, 0.15) is 19.8 Å². The Labute approximate surface area is 83.2 Å². The molecule has 0 aromatic heterocycles. The quantitative estimate of drug-likeness (QED) is 0.424. The summed E-state index contributed by atoms with van der Waals surface area (Å²) in [6.45, 7) is 3.94. The van der Waals surface area contributed by atoms with Gasteiger partial charge in [0.05, 0.1) is 6.10 Å². The second kappa shape index (κ2) is 4.67. The van der Waals surface area contributed by atoms with Gasteiger partial charge >= 0.3 is 0 Å². The van der Waals surface area contributed by atoms with Crippen LogP contribution in [0.4, 0.5) is 0 Å². The number of piperidine rings is 1. The third kappa shape index (κ3) is 3.76. The molecule has 1 heterocycles. The maximum Gasteiger partial charge on any atom is 0.182 e. The van der Waals surface area contributed by atoms with E-state index in [0.29, 0.717) is 10.2 Å². The van der Waals surface area contributed by atoms with E-state index >= 15 is 0 Å². The van der Waals surface area contributed by atoms with Crippen LogP contribution in [0.3, 0.4) is 0 Å². The monoisotopic (exact) mass is 265 g/mol. The van der Waals surface area contributed by atoms with Crippen molar-refractivity contribution < 1.29 is 4.74 Å². The maximum absolute atomic E-state index is 5.65. The molecular weight excluding hydrogens is 252 g/mol. The van der Waals surface area contributed by atoms with Gasteiger partial charge in [0.25, 0.3) is 0 Å². The van der Waals surface area contributed by atoms with Crippen molar-refractivity contribution in [1.82, 2.24) is 4.81 Å². The van der Waals surface area contributed by atoms with Crippen LogP contribution in [0.25, 0.3) is 0 Å². The third-order valence-corrected chi connectivity index (χ3v) is 2.08. The van der Waals surface area contributed by atoms with Gasteiger partial charge in [0.1, 0.15) is 4.11 Å². The molecule has 62 valence electrons. The molecule has 4 heteroatoms. The highest BCUT2D eigenvalue weighted by molar-refractivity contribution is 14.1. The van der Waals surface area contributed by atoms with Crippen molar-refractivity contribution in [2.24, 2.45) is 0 Å². The molecule has 1 unspecified atom stereocenters. The zero-order chi connectivity index (χ0) is 8.27. The van der Waals surface area contributed by atoms with Crippen molar-refractivity contribution in [3.05, 3.63) is 0 Å². The van der Waals surface area contributed by atoms with E-state index in [9.17, 15) is 0 Å². The largest absolute Gasteiger partial charge is 0.364 e. The molecular formula is C7H13BINO. The molecule has 1 fully saturated rings. The molecule has 0 saturated carbocycles. The van der Waals surface area contributed by atoms with Crippen LogP contribution in [0.5, 0.6) is 0 Å². The third-order valence-electron chi connectivity index (χ3n) is 1.79. The molecule has 2 atom stereocenters. The Hall–Kier alpha value is 0.715. The first-order valence-corrected chi connectivity index (χ1v) is 5.22. The molecule has 1 aliphatic heterocycles. The van der Waals surface area contributed by atoms with Gasteiger partial charge in [-0.2, -0.15) is 0 Å². The van der Waals surface area contributed by atoms with Crippen LogP contribution in [-0.2, 0) is 4.74 Å². The maximum atomic E-state index is 5.65. The molecule has 0 aromatic carbocycles. The Morgan fingerprint density at radius 1 is 1.73 bits per heavy atom. The van der Waals surface area contributed by atoms with E-state index in [-0.39, 0.29) is 0 Å². The normalized spacial score (nSPS) is 30.2. The number of halogens is 1. The molecule has 2 nitrogen and oxygen atoms in total. The SMILES string of the molecule is [B]N1CCC[C@H](OC(C)I)C1. The summed E-state index contributed by atoms with van der Waals surface area (Å²) in [5, 5.41) is 0. The number of nitrogens with zero attached hydrogens (tertiary/aromatic N) is 1. The van der Waals surface area contributed by atoms with Crippen molar-refractivity contribution in [2.75, 3.05) is 13.1 Å². The lowest BCUT2D eigenvalue weighted by Gasteiger charge is -2.30. The van der Waals surface area contributed by atoms with Crippen molar-refractivity contribution >= 4 is 30.6 Å². The predicted molar refractivity (Wildman–Crippen MR) is 54.9 cm³/mol. The number of rotatable bonds is 2. The highest BCUT2D eigenvalue weighted by Crippen LogP contribution is 2.15. The van der Waals surface area contributed by atoms with Crippen LogP contribution in [-0.4, -0.2) is 36.1 Å². The van der Waals surface area contributed by atoms with Crippen LogP contribution in [0, 0.1) is 0 Å². The van der Waals surface area contributed by atoms with Crippen LogP contribution in [0.2, 0.25) is 0 Å². The van der Waals surface area contributed by atoms with Crippen LogP contribution < -0.4 is 0 Å². The first kappa shape index (κ1) is 9.80. The average Bonchev–Trinajstić information content (AvgIpc) is 1.85. The van der Waals surface area contributed by atoms with Crippen molar-refractivity contribution in [1.29, 1.82) is 0 Å². The summed E-state index contributed by atoms with van der Waals surface area (Å²) in [7, 11) is 5.65. The van der Waals surface area contributed by atoms with Gasteiger partial charge in [-0.05, 0) is 26.3 Å². The minimum Gasteiger partial charge on any atom is -0.364 e. The molecule has 0 bridgehead atoms. The van der Waals surface area contributed by atoms with Crippen molar-refractivity contribution in [3.63, 3.8) is 0 Å². The first-order valence-electron chi connectivity index (χ1n) is 3.97. The van der Waals surface area contributed by atoms with Gasteiger partial charge in [0.15, 0.2) is 7.98 Å². The first-order chi connectivity index (χ1) is 5.18. The van der Waals surface area contributed by atoms with E-state index in [1.807, 2.05) is 4.81 Å². The Balaban J connectivity index is 2.23. The fraction of sp³-hybridized carbons (Fsp3) is 1.00. The summed E-state index contributed by atoms with van der Waals surface area (Å²) in [4.78, 5) is 1.84. The van der Waals surface area contributed by atoms with E-state index in [4.69, 9.17) is 12.7 Å². The highest BCUT2D eigenvalue weighted by atomic mass is 127. The molecule has 1 aliphatic rings. The number of hydrogen-bond acceptors (Lipinski definition) is 2. The lowest BCUT2D eigenvalue weighted by Crippen LogP contribution is -2.38. The van der Waals surface area contributed by atoms with Gasteiger partial charge in [-0.25, -0.2) is 0 Å². The molecule has 0 spiro atoms. The lowest BCUT2D eigenvalue weighted by molar-refractivity contribution is 0.0182. The average molecular weight is 265 g/mol. The van der Waals surface area contributed by atoms with Crippen LogP contribution in [0.15, 0.2) is 0 Å². The van der Waals surface area contributed by atoms with Crippen molar-refractivity contribution in [2.45, 2.75) is 30.0 Å². The summed E-state index contributed by atoms with van der Waals surface area (Å²) >= 11 is 2.27. The van der Waals surface area contributed by atoms with E-state index in [0.717, 1.165) is 25.9 Å². The summed E-state index contributed by atoms with van der Waals surface area (Å²) in [6.07, 6.45) is 2.66. The minimum absolute atomic E-state index is 0.295. The van der Waals surface area contributed by atoms with Gasteiger partial charge < -0.3 is 9.55 Å². The molecule has 2 radical (unpaired) electrons. The molecule has 1 rings (SSSR count). The minimum atomic E-state index is 0.295. The smallest absolute Gasteiger partial charge is 0.182 e. The Morgan fingerprint density at radius 3 is 3.00 bits per heavy atom. The molecule has 11 heavy (non-hydrogen) atoms. The highest BCUT2D eigenvalue weighted by Gasteiger charge is 2.18. The molecule has 0 N–H and O–H groups in total. The summed E-state index contributed by atoms with van der Waals surface area (Å²) < 4.78 is 5.92. The zero-order valence-corrected chi connectivity index (χ0v) is 8.95. The standard InChI is InChI=1S/C7H13BINO/c1-6(9)11-7-3-2-4-10(8)5-7/h6-7H,2-5H2,1H3/t6?,7-/m0/s1. The molecule has 0 amide bonds. The number of ether oxygens (including phenoxy) is 1. The van der Waals surface area contributed by atoms with E-state index in [2.05, 4.69) is 29.5 Å². The molecule has 0 aliphatic carbocycles. The van der Waals surface area contributed by atoms with Crippen LogP contribution >= 0.6 is 22.6 Å². The summed E-state index contributed by atoms with van der Waals surface area (Å²) in [5.74, 6) is 0. The van der Waals surface area contributed by atoms with Gasteiger partial charge in [-0.15, -0.1) is 0 Å². The fourth-order valence-corrected chi connectivity index (χ4v) is 1.76. The molecule has 1 saturated heterocycles. The Bertz CT molecular complexity index is 121. The summed E-state index contributed by atoms with van der Waals surface area (Å²) in [5.41, 5.74) is 0. The zero-order valence-electron chi connectivity index (χ0n) is 6.79. The second-order valence-electron chi connectivity index (χ2n) is 2.94. The van der Waals surface area contributed by atoms with Gasteiger partial charge in [0, 0.05) is 6.54 Å². The fourth-order valence-electron chi connectivity index (χ4n) is 1.34. The van der Waals surface area contributed by atoms with Gasteiger partial charge in [-0.3, -0.25) is 0 Å².